The highest BCUT2D eigenvalue weighted by Gasteiger charge is 2.24. The normalized spacial score (nSPS) is 18.4. The van der Waals surface area contributed by atoms with Crippen LogP contribution in [0.15, 0.2) is 35.3 Å². The average Bonchev–Trinajstić information content (AvgIpc) is 3.14. The van der Waals surface area contributed by atoms with Gasteiger partial charge in [0, 0.05) is 45.5 Å². The lowest BCUT2D eigenvalue weighted by atomic mass is 10.2. The Morgan fingerprint density at radius 3 is 3.04 bits per heavy atom. The van der Waals surface area contributed by atoms with Gasteiger partial charge in [-0.3, -0.25) is 14.4 Å². The highest BCUT2D eigenvalue weighted by Crippen LogP contribution is 2.16. The maximum atomic E-state index is 11.8. The fraction of sp³-hybridized carbons (Fsp3) is 0.500. The molecule has 0 saturated heterocycles. The molecule has 2 aromatic heterocycles. The summed E-state index contributed by atoms with van der Waals surface area (Å²) in [5, 5.41) is 4.36. The van der Waals surface area contributed by atoms with E-state index in [0.717, 1.165) is 30.9 Å². The van der Waals surface area contributed by atoms with Crippen LogP contribution in [0.1, 0.15) is 11.3 Å². The van der Waals surface area contributed by atoms with Crippen molar-refractivity contribution >= 4 is 5.91 Å². The molecule has 0 aromatic carbocycles. The smallest absolute Gasteiger partial charge is 0.248 e. The third kappa shape index (κ3) is 4.00. The van der Waals surface area contributed by atoms with Gasteiger partial charge in [-0.1, -0.05) is 0 Å². The molecule has 1 amide bonds. The van der Waals surface area contributed by atoms with Crippen LogP contribution in [0.4, 0.5) is 0 Å². The molecule has 1 atom stereocenters. The molecule has 0 radical (unpaired) electrons. The molecule has 7 nitrogen and oxygen atoms in total. The van der Waals surface area contributed by atoms with Gasteiger partial charge < -0.3 is 14.1 Å². The number of nitrogens with zero attached hydrogens (tertiary/aromatic N) is 4. The Kier molecular flexibility index (Phi) is 4.78. The molecule has 1 aliphatic heterocycles. The zero-order chi connectivity index (χ0) is 16.2. The molecular formula is C16H22N4O3. The number of hydrogen-bond donors (Lipinski definition) is 0. The van der Waals surface area contributed by atoms with E-state index in [0.29, 0.717) is 6.54 Å². The van der Waals surface area contributed by atoms with Crippen molar-refractivity contribution in [2.75, 3.05) is 27.2 Å². The van der Waals surface area contributed by atoms with E-state index in [2.05, 4.69) is 10.00 Å². The third-order valence-electron chi connectivity index (χ3n) is 3.96. The lowest BCUT2D eigenvalue weighted by Gasteiger charge is -2.23. The summed E-state index contributed by atoms with van der Waals surface area (Å²) in [6.07, 6.45) is 5.17. The topological polar surface area (TPSA) is 63.7 Å². The molecule has 0 fully saturated rings. The molecule has 0 N–H and O–H groups in total. The van der Waals surface area contributed by atoms with Crippen molar-refractivity contribution in [1.82, 2.24) is 19.6 Å². The number of likely N-dealkylation sites (N-methyl/N-ethyl adjacent to an activating group) is 1. The van der Waals surface area contributed by atoms with Gasteiger partial charge in [0.1, 0.15) is 6.61 Å². The van der Waals surface area contributed by atoms with Gasteiger partial charge in [-0.15, -0.1) is 0 Å². The van der Waals surface area contributed by atoms with Gasteiger partial charge in [0.05, 0.1) is 30.9 Å². The minimum absolute atomic E-state index is 0.0312. The molecule has 3 heterocycles. The minimum Gasteiger partial charge on any atom is -0.472 e. The van der Waals surface area contributed by atoms with Crippen LogP contribution >= 0.6 is 0 Å². The first-order chi connectivity index (χ1) is 11.1. The summed E-state index contributed by atoms with van der Waals surface area (Å²) in [5.41, 5.74) is 2.28. The van der Waals surface area contributed by atoms with E-state index in [9.17, 15) is 4.79 Å². The van der Waals surface area contributed by atoms with E-state index in [1.165, 1.54) is 0 Å². The van der Waals surface area contributed by atoms with Gasteiger partial charge in [0.25, 0.3) is 0 Å². The quantitative estimate of drug-likeness (QED) is 0.822. The standard InChI is InChI=1S/C16H22N4O3/c1-18(2)16(21)12-23-15-9-19(7-13-4-6-22-11-13)8-14-3-5-17-20(14)10-15/h3-6,11,15H,7-10,12H2,1-2H3/t15-/m0/s1. The molecule has 0 unspecified atom stereocenters. The maximum Gasteiger partial charge on any atom is 0.248 e. The van der Waals surface area contributed by atoms with E-state index in [4.69, 9.17) is 9.15 Å². The minimum atomic E-state index is -0.0769. The lowest BCUT2D eigenvalue weighted by molar-refractivity contribution is -0.136. The van der Waals surface area contributed by atoms with Gasteiger partial charge in [-0.25, -0.2) is 0 Å². The molecule has 0 saturated carbocycles. The van der Waals surface area contributed by atoms with Crippen LogP contribution in [0.5, 0.6) is 0 Å². The number of fused-ring (bicyclic) bond motifs is 1. The van der Waals surface area contributed by atoms with Crippen molar-refractivity contribution in [2.45, 2.75) is 25.7 Å². The second kappa shape index (κ2) is 6.97. The molecule has 0 aliphatic carbocycles. The largest absolute Gasteiger partial charge is 0.472 e. The van der Waals surface area contributed by atoms with Crippen LogP contribution in [0.25, 0.3) is 0 Å². The molecule has 1 aliphatic rings. The van der Waals surface area contributed by atoms with Crippen LogP contribution in [-0.4, -0.2) is 58.8 Å². The highest BCUT2D eigenvalue weighted by molar-refractivity contribution is 5.76. The maximum absolute atomic E-state index is 11.8. The van der Waals surface area contributed by atoms with E-state index < -0.39 is 0 Å². The second-order valence-corrected chi connectivity index (χ2v) is 6.03. The van der Waals surface area contributed by atoms with Crippen LogP contribution < -0.4 is 0 Å². The number of rotatable bonds is 5. The first-order valence-electron chi connectivity index (χ1n) is 7.67. The average molecular weight is 318 g/mol. The Labute approximate surface area is 135 Å². The highest BCUT2D eigenvalue weighted by atomic mass is 16.5. The molecule has 0 spiro atoms. The first-order valence-corrected chi connectivity index (χ1v) is 7.67. The number of carbonyl (C=O) groups is 1. The predicted molar refractivity (Wildman–Crippen MR) is 83.5 cm³/mol. The number of ether oxygens (including phenoxy) is 1. The van der Waals surface area contributed by atoms with E-state index in [1.54, 1.807) is 37.7 Å². The predicted octanol–water partition coefficient (Wildman–Crippen LogP) is 0.965. The van der Waals surface area contributed by atoms with Crippen LogP contribution in [0, 0.1) is 0 Å². The summed E-state index contributed by atoms with van der Waals surface area (Å²) < 4.78 is 13.0. The van der Waals surface area contributed by atoms with Crippen LogP contribution in [0.2, 0.25) is 0 Å². The van der Waals surface area contributed by atoms with Gasteiger partial charge in [0.2, 0.25) is 5.91 Å². The van der Waals surface area contributed by atoms with Gasteiger partial charge in [-0.05, 0) is 12.1 Å². The number of aromatic nitrogens is 2. The summed E-state index contributed by atoms with van der Waals surface area (Å²) in [4.78, 5) is 15.6. The Morgan fingerprint density at radius 1 is 1.43 bits per heavy atom. The zero-order valence-electron chi connectivity index (χ0n) is 13.5. The SMILES string of the molecule is CN(C)C(=O)CO[C@H]1CN(Cc2ccoc2)Cc2ccnn2C1. The summed E-state index contributed by atoms with van der Waals surface area (Å²) in [6.45, 7) is 3.07. The number of hydrogen-bond acceptors (Lipinski definition) is 5. The van der Waals surface area contributed by atoms with Gasteiger partial charge in [0.15, 0.2) is 0 Å². The molecule has 23 heavy (non-hydrogen) atoms. The molecule has 3 rings (SSSR count). The van der Waals surface area contributed by atoms with Crippen LogP contribution in [0.3, 0.4) is 0 Å². The lowest BCUT2D eigenvalue weighted by Crippen LogP contribution is -2.36. The Hall–Kier alpha value is -2.12. The summed E-state index contributed by atoms with van der Waals surface area (Å²) in [6, 6.07) is 3.99. The fourth-order valence-electron chi connectivity index (χ4n) is 2.68. The van der Waals surface area contributed by atoms with Crippen molar-refractivity contribution in [3.8, 4) is 0 Å². The van der Waals surface area contributed by atoms with Crippen molar-refractivity contribution in [2.24, 2.45) is 0 Å². The number of carbonyl (C=O) groups excluding carboxylic acids is 1. The van der Waals surface area contributed by atoms with E-state index >= 15 is 0 Å². The van der Waals surface area contributed by atoms with Crippen LogP contribution in [-0.2, 0) is 29.2 Å². The monoisotopic (exact) mass is 318 g/mol. The Bertz CT molecular complexity index is 636. The van der Waals surface area contributed by atoms with Crippen molar-refractivity contribution < 1.29 is 13.9 Å². The van der Waals surface area contributed by atoms with Crippen molar-refractivity contribution in [3.63, 3.8) is 0 Å². The zero-order valence-corrected chi connectivity index (χ0v) is 13.5. The van der Waals surface area contributed by atoms with Crippen molar-refractivity contribution in [1.29, 1.82) is 0 Å². The molecular weight excluding hydrogens is 296 g/mol. The van der Waals surface area contributed by atoms with E-state index in [1.807, 2.05) is 16.8 Å². The van der Waals surface area contributed by atoms with Crippen molar-refractivity contribution in [3.05, 3.63) is 42.1 Å². The molecule has 2 aromatic rings. The molecule has 124 valence electrons. The summed E-state index contributed by atoms with van der Waals surface area (Å²) in [5.74, 6) is -0.0312. The first kappa shape index (κ1) is 15.8. The summed E-state index contributed by atoms with van der Waals surface area (Å²) >= 11 is 0. The molecule has 0 bridgehead atoms. The number of furan rings is 1. The Morgan fingerprint density at radius 2 is 2.30 bits per heavy atom. The molecule has 7 heteroatoms. The van der Waals surface area contributed by atoms with E-state index in [-0.39, 0.29) is 18.6 Å². The van der Waals surface area contributed by atoms with Gasteiger partial charge in [-0.2, -0.15) is 5.10 Å². The number of amides is 1. The second-order valence-electron chi connectivity index (χ2n) is 6.03. The fourth-order valence-corrected chi connectivity index (χ4v) is 2.68. The third-order valence-corrected chi connectivity index (χ3v) is 3.96. The summed E-state index contributed by atoms with van der Waals surface area (Å²) in [7, 11) is 3.46. The van der Waals surface area contributed by atoms with Gasteiger partial charge >= 0.3 is 0 Å². The Balaban J connectivity index is 1.68.